The predicted molar refractivity (Wildman–Crippen MR) is 108 cm³/mol. The van der Waals surface area contributed by atoms with Crippen LogP contribution in [0.5, 0.6) is 0 Å². The summed E-state index contributed by atoms with van der Waals surface area (Å²) in [6.45, 7) is 2.47. The van der Waals surface area contributed by atoms with Crippen LogP contribution in [-0.4, -0.2) is 30.9 Å². The van der Waals surface area contributed by atoms with E-state index < -0.39 is 0 Å². The summed E-state index contributed by atoms with van der Waals surface area (Å²) in [5.74, 6) is 0.863. The zero-order valence-electron chi connectivity index (χ0n) is 13.8. The molecule has 2 aromatic heterocycles. The summed E-state index contributed by atoms with van der Waals surface area (Å²) in [4.78, 5) is 20.6. The minimum absolute atomic E-state index is 0.181. The first-order valence-corrected chi connectivity index (χ1v) is 9.51. The van der Waals surface area contributed by atoms with Gasteiger partial charge in [0, 0.05) is 16.2 Å². The summed E-state index contributed by atoms with van der Waals surface area (Å²) >= 11 is 5.52. The van der Waals surface area contributed by atoms with Gasteiger partial charge in [0.1, 0.15) is 21.0 Å². The molecular weight excluding hydrogens is 513 g/mol. The molecule has 0 saturated heterocycles. The first kappa shape index (κ1) is 18.7. The Morgan fingerprint density at radius 3 is 2.88 bits per heavy atom. The molecule has 3 rings (SSSR count). The largest absolute Gasteiger partial charge is 0.383 e. The Labute approximate surface area is 171 Å². The molecular formula is C16H15BrIN7O. The Morgan fingerprint density at radius 1 is 1.38 bits per heavy atom. The number of nitrogens with two attached hydrogens (primary N) is 1. The zero-order chi connectivity index (χ0) is 18.7. The van der Waals surface area contributed by atoms with Crippen LogP contribution >= 0.6 is 38.5 Å². The standard InChI is InChI=1S/C16H15BrIN7O/c1-9-20-6-10(15(19)22-9)8-25-14(18)13(23-24-25)7-21-16(26)11-4-2-3-5-12(11)17/h2-6H,7-8H2,1H3,(H,21,26)(H2,19,20,22). The van der Waals surface area contributed by atoms with Crippen LogP contribution in [0.15, 0.2) is 34.9 Å². The van der Waals surface area contributed by atoms with Crippen LogP contribution in [0.1, 0.15) is 27.4 Å². The van der Waals surface area contributed by atoms with Gasteiger partial charge in [-0.1, -0.05) is 17.3 Å². The van der Waals surface area contributed by atoms with Crippen molar-refractivity contribution in [3.05, 3.63) is 61.3 Å². The maximum absolute atomic E-state index is 12.3. The Bertz CT molecular complexity index is 960. The van der Waals surface area contributed by atoms with Crippen molar-refractivity contribution in [3.63, 3.8) is 0 Å². The van der Waals surface area contributed by atoms with Crippen LogP contribution in [0, 0.1) is 10.6 Å². The molecule has 3 N–H and O–H groups in total. The SMILES string of the molecule is Cc1ncc(Cn2nnc(CNC(=O)c3ccccc3Br)c2I)c(N)n1. The average molecular weight is 528 g/mol. The summed E-state index contributed by atoms with van der Waals surface area (Å²) in [7, 11) is 0. The zero-order valence-corrected chi connectivity index (χ0v) is 17.5. The molecule has 134 valence electrons. The minimum Gasteiger partial charge on any atom is -0.383 e. The van der Waals surface area contributed by atoms with Crippen molar-refractivity contribution in [1.82, 2.24) is 30.3 Å². The monoisotopic (exact) mass is 527 g/mol. The Balaban J connectivity index is 1.69. The lowest BCUT2D eigenvalue weighted by atomic mass is 10.2. The number of nitrogens with one attached hydrogen (secondary N) is 1. The number of halogens is 2. The molecule has 0 radical (unpaired) electrons. The number of hydrogen-bond donors (Lipinski definition) is 2. The highest BCUT2D eigenvalue weighted by molar-refractivity contribution is 14.1. The highest BCUT2D eigenvalue weighted by Gasteiger charge is 2.15. The van der Waals surface area contributed by atoms with E-state index in [-0.39, 0.29) is 12.5 Å². The van der Waals surface area contributed by atoms with Crippen molar-refractivity contribution < 1.29 is 4.79 Å². The average Bonchev–Trinajstić information content (AvgIpc) is 2.95. The third kappa shape index (κ3) is 4.18. The first-order chi connectivity index (χ1) is 12.5. The summed E-state index contributed by atoms with van der Waals surface area (Å²) in [6.07, 6.45) is 1.68. The number of anilines is 1. The Kier molecular flexibility index (Phi) is 5.81. The minimum atomic E-state index is -0.181. The number of nitrogen functional groups attached to an aromatic ring is 1. The molecule has 10 heteroatoms. The molecule has 0 atom stereocenters. The van der Waals surface area contributed by atoms with Crippen molar-refractivity contribution in [3.8, 4) is 0 Å². The van der Waals surface area contributed by atoms with Crippen LogP contribution in [-0.2, 0) is 13.1 Å². The molecule has 0 bridgehead atoms. The fraction of sp³-hybridized carbons (Fsp3) is 0.188. The maximum Gasteiger partial charge on any atom is 0.252 e. The van der Waals surface area contributed by atoms with Crippen molar-refractivity contribution in [2.45, 2.75) is 20.0 Å². The first-order valence-electron chi connectivity index (χ1n) is 7.64. The van der Waals surface area contributed by atoms with Gasteiger partial charge >= 0.3 is 0 Å². The lowest BCUT2D eigenvalue weighted by Gasteiger charge is -2.07. The molecule has 0 unspecified atom stereocenters. The van der Waals surface area contributed by atoms with Gasteiger partial charge in [-0.25, -0.2) is 14.6 Å². The van der Waals surface area contributed by atoms with E-state index in [2.05, 4.69) is 64.1 Å². The molecule has 0 aliphatic rings. The number of carbonyl (C=O) groups excluding carboxylic acids is 1. The van der Waals surface area contributed by atoms with E-state index in [1.54, 1.807) is 23.9 Å². The van der Waals surface area contributed by atoms with E-state index in [1.165, 1.54) is 0 Å². The lowest BCUT2D eigenvalue weighted by molar-refractivity contribution is 0.0949. The molecule has 26 heavy (non-hydrogen) atoms. The number of hydrogen-bond acceptors (Lipinski definition) is 6. The molecule has 0 aliphatic carbocycles. The normalized spacial score (nSPS) is 10.7. The van der Waals surface area contributed by atoms with Gasteiger partial charge in [0.05, 0.1) is 18.7 Å². The third-order valence-electron chi connectivity index (χ3n) is 3.61. The quantitative estimate of drug-likeness (QED) is 0.492. The van der Waals surface area contributed by atoms with Crippen molar-refractivity contribution >= 4 is 50.2 Å². The van der Waals surface area contributed by atoms with E-state index in [9.17, 15) is 4.79 Å². The summed E-state index contributed by atoms with van der Waals surface area (Å²) in [5, 5.41) is 11.1. The number of amides is 1. The molecule has 0 spiro atoms. The van der Waals surface area contributed by atoms with E-state index >= 15 is 0 Å². The van der Waals surface area contributed by atoms with Gasteiger partial charge in [-0.2, -0.15) is 0 Å². The van der Waals surface area contributed by atoms with Gasteiger partial charge in [0.15, 0.2) is 0 Å². The van der Waals surface area contributed by atoms with Crippen LogP contribution in [0.25, 0.3) is 0 Å². The second-order valence-electron chi connectivity index (χ2n) is 5.47. The van der Waals surface area contributed by atoms with E-state index in [4.69, 9.17) is 5.73 Å². The van der Waals surface area contributed by atoms with Crippen LogP contribution in [0.4, 0.5) is 5.82 Å². The smallest absolute Gasteiger partial charge is 0.252 e. The fourth-order valence-electron chi connectivity index (χ4n) is 2.25. The van der Waals surface area contributed by atoms with Gasteiger partial charge in [-0.05, 0) is 57.6 Å². The Hall–Kier alpha value is -2.08. The number of rotatable bonds is 5. The summed E-state index contributed by atoms with van der Waals surface area (Å²) in [5.41, 5.74) is 7.94. The molecule has 3 aromatic rings. The number of benzene rings is 1. The fourth-order valence-corrected chi connectivity index (χ4v) is 3.28. The van der Waals surface area contributed by atoms with E-state index in [0.717, 1.165) is 13.7 Å². The predicted octanol–water partition coefficient (Wildman–Crippen LogP) is 2.30. The number of aryl methyl sites for hydroxylation is 1. The van der Waals surface area contributed by atoms with Crippen molar-refractivity contribution in [2.24, 2.45) is 0 Å². The van der Waals surface area contributed by atoms with Gasteiger partial charge < -0.3 is 11.1 Å². The summed E-state index contributed by atoms with van der Waals surface area (Å²) < 4.78 is 3.26. The van der Waals surface area contributed by atoms with Gasteiger partial charge in [-0.15, -0.1) is 5.10 Å². The molecule has 0 fully saturated rings. The van der Waals surface area contributed by atoms with Gasteiger partial charge in [-0.3, -0.25) is 4.79 Å². The van der Waals surface area contributed by atoms with Crippen molar-refractivity contribution in [2.75, 3.05) is 5.73 Å². The summed E-state index contributed by atoms with van der Waals surface area (Å²) in [6, 6.07) is 7.24. The molecule has 0 aliphatic heterocycles. The highest BCUT2D eigenvalue weighted by Crippen LogP contribution is 2.17. The van der Waals surface area contributed by atoms with Crippen LogP contribution < -0.4 is 11.1 Å². The third-order valence-corrected chi connectivity index (χ3v) is 5.48. The molecule has 1 aromatic carbocycles. The Morgan fingerprint density at radius 2 is 2.15 bits per heavy atom. The van der Waals surface area contributed by atoms with Crippen LogP contribution in [0.3, 0.4) is 0 Å². The molecule has 8 nitrogen and oxygen atoms in total. The molecule has 1 amide bonds. The molecule has 0 saturated carbocycles. The highest BCUT2D eigenvalue weighted by atomic mass is 127. The maximum atomic E-state index is 12.3. The lowest BCUT2D eigenvalue weighted by Crippen LogP contribution is -2.23. The van der Waals surface area contributed by atoms with E-state index in [0.29, 0.717) is 29.4 Å². The van der Waals surface area contributed by atoms with Crippen molar-refractivity contribution in [1.29, 1.82) is 0 Å². The van der Waals surface area contributed by atoms with Crippen LogP contribution in [0.2, 0.25) is 0 Å². The number of nitrogens with zero attached hydrogens (tertiary/aromatic N) is 5. The van der Waals surface area contributed by atoms with Gasteiger partial charge in [0.25, 0.3) is 5.91 Å². The second-order valence-corrected chi connectivity index (χ2v) is 7.35. The second kappa shape index (κ2) is 8.08. The number of aromatic nitrogens is 5. The topological polar surface area (TPSA) is 112 Å². The van der Waals surface area contributed by atoms with E-state index in [1.807, 2.05) is 18.2 Å². The van der Waals surface area contributed by atoms with Gasteiger partial charge in [0.2, 0.25) is 0 Å². The number of carbonyl (C=O) groups is 1. The molecule has 2 heterocycles.